The topological polar surface area (TPSA) is 43.0 Å². The highest BCUT2D eigenvalue weighted by Crippen LogP contribution is 2.39. The van der Waals surface area contributed by atoms with Crippen LogP contribution in [0.5, 0.6) is 17.2 Å². The van der Waals surface area contributed by atoms with Gasteiger partial charge in [-0.25, -0.2) is 4.39 Å². The Kier molecular flexibility index (Phi) is 7.66. The standard InChI is InChI=1S/C25H23Cl2FN2O3S/c1-31-23-11-15-9-10-30(25(34)29-17-5-8-20(26)21(27)12-17)22(19(15)13-24(23)32-2)14-33-18-6-3-16(28)4-7-18/h3-8,11-13,22H,9-10,14H2,1-2H3,(H,29,34). The van der Waals surface area contributed by atoms with Gasteiger partial charge in [-0.15, -0.1) is 0 Å². The molecule has 5 nitrogen and oxygen atoms in total. The first-order chi connectivity index (χ1) is 16.4. The van der Waals surface area contributed by atoms with Crippen LogP contribution in [0.15, 0.2) is 54.6 Å². The van der Waals surface area contributed by atoms with E-state index in [1.54, 1.807) is 38.5 Å². The summed E-state index contributed by atoms with van der Waals surface area (Å²) in [6.45, 7) is 0.949. The first-order valence-corrected chi connectivity index (χ1v) is 11.7. The molecule has 0 saturated heterocycles. The van der Waals surface area contributed by atoms with Crippen molar-refractivity contribution in [3.63, 3.8) is 0 Å². The number of nitrogens with one attached hydrogen (secondary N) is 1. The van der Waals surface area contributed by atoms with E-state index in [0.717, 1.165) is 23.2 Å². The zero-order valence-corrected chi connectivity index (χ0v) is 20.9. The monoisotopic (exact) mass is 520 g/mol. The molecule has 9 heteroatoms. The molecule has 4 rings (SSSR count). The van der Waals surface area contributed by atoms with Crippen LogP contribution in [0.4, 0.5) is 10.1 Å². The third-order valence-electron chi connectivity index (χ3n) is 5.66. The van der Waals surface area contributed by atoms with Gasteiger partial charge in [0.25, 0.3) is 0 Å². The van der Waals surface area contributed by atoms with Crippen LogP contribution in [0.25, 0.3) is 0 Å². The number of fused-ring (bicyclic) bond motifs is 1. The number of hydrogen-bond acceptors (Lipinski definition) is 4. The van der Waals surface area contributed by atoms with Gasteiger partial charge in [0, 0.05) is 12.2 Å². The first-order valence-electron chi connectivity index (χ1n) is 10.6. The zero-order valence-electron chi connectivity index (χ0n) is 18.6. The molecule has 1 unspecified atom stereocenters. The van der Waals surface area contributed by atoms with Crippen molar-refractivity contribution in [2.75, 3.05) is 32.7 Å². The van der Waals surface area contributed by atoms with E-state index < -0.39 is 0 Å². The average Bonchev–Trinajstić information content (AvgIpc) is 2.84. The summed E-state index contributed by atoms with van der Waals surface area (Å²) in [7, 11) is 3.22. The summed E-state index contributed by atoms with van der Waals surface area (Å²) < 4.78 is 30.4. The molecule has 178 valence electrons. The normalized spacial score (nSPS) is 14.9. The number of rotatable bonds is 6. The molecule has 0 aromatic heterocycles. The summed E-state index contributed by atoms with van der Waals surface area (Å²) in [5.74, 6) is 1.54. The molecule has 0 saturated carbocycles. The SMILES string of the molecule is COc1cc2c(cc1OC)C(COc1ccc(F)cc1)N(C(=S)Nc1ccc(Cl)c(Cl)c1)CC2. The third kappa shape index (κ3) is 5.32. The molecule has 0 amide bonds. The van der Waals surface area contributed by atoms with E-state index in [2.05, 4.69) is 10.2 Å². The summed E-state index contributed by atoms with van der Waals surface area (Å²) in [5.41, 5.74) is 2.87. The predicted octanol–water partition coefficient (Wildman–Crippen LogP) is 6.52. The van der Waals surface area contributed by atoms with E-state index in [1.165, 1.54) is 12.1 Å². The third-order valence-corrected chi connectivity index (χ3v) is 6.73. The van der Waals surface area contributed by atoms with Gasteiger partial charge in [-0.1, -0.05) is 23.2 Å². The second-order valence-corrected chi connectivity index (χ2v) is 8.89. The summed E-state index contributed by atoms with van der Waals surface area (Å²) >= 11 is 18.0. The Bertz CT molecular complexity index is 1190. The van der Waals surface area contributed by atoms with Gasteiger partial charge in [0.05, 0.1) is 30.3 Å². The van der Waals surface area contributed by atoms with E-state index in [4.69, 9.17) is 49.6 Å². The maximum Gasteiger partial charge on any atom is 0.174 e. The van der Waals surface area contributed by atoms with Crippen LogP contribution < -0.4 is 19.5 Å². The van der Waals surface area contributed by atoms with Crippen molar-refractivity contribution in [3.05, 3.63) is 81.6 Å². The Morgan fingerprint density at radius 3 is 2.41 bits per heavy atom. The van der Waals surface area contributed by atoms with Crippen LogP contribution in [-0.2, 0) is 6.42 Å². The summed E-state index contributed by atoms with van der Waals surface area (Å²) in [4.78, 5) is 2.07. The fraction of sp³-hybridized carbons (Fsp3) is 0.240. The largest absolute Gasteiger partial charge is 0.493 e. The number of ether oxygens (including phenoxy) is 3. The van der Waals surface area contributed by atoms with Crippen LogP contribution >= 0.6 is 35.4 Å². The maximum atomic E-state index is 13.3. The molecular weight excluding hydrogens is 498 g/mol. The summed E-state index contributed by atoms with van der Waals surface area (Å²) in [6, 6.07) is 14.9. The van der Waals surface area contributed by atoms with Crippen molar-refractivity contribution in [1.82, 2.24) is 4.90 Å². The van der Waals surface area contributed by atoms with Crippen LogP contribution in [0.2, 0.25) is 10.0 Å². The average molecular weight is 521 g/mol. The van der Waals surface area contributed by atoms with Crippen molar-refractivity contribution >= 4 is 46.2 Å². The molecule has 1 atom stereocenters. The van der Waals surface area contributed by atoms with Crippen molar-refractivity contribution in [2.45, 2.75) is 12.5 Å². The molecule has 3 aromatic carbocycles. The molecule has 3 aromatic rings. The van der Waals surface area contributed by atoms with Crippen LogP contribution in [-0.4, -0.2) is 37.4 Å². The number of halogens is 3. The molecule has 0 aliphatic carbocycles. The lowest BCUT2D eigenvalue weighted by molar-refractivity contribution is 0.190. The first kappa shape index (κ1) is 24.4. The van der Waals surface area contributed by atoms with Crippen LogP contribution in [0, 0.1) is 5.82 Å². The van der Waals surface area contributed by atoms with Crippen molar-refractivity contribution in [1.29, 1.82) is 0 Å². The highest BCUT2D eigenvalue weighted by Gasteiger charge is 2.31. The minimum atomic E-state index is -0.319. The maximum absolute atomic E-state index is 13.3. The molecular formula is C25H23Cl2FN2O3S. The van der Waals surface area contributed by atoms with Gasteiger partial charge in [-0.3, -0.25) is 0 Å². The molecule has 0 radical (unpaired) electrons. The van der Waals surface area contributed by atoms with Gasteiger partial charge in [0.1, 0.15) is 18.2 Å². The predicted molar refractivity (Wildman–Crippen MR) is 137 cm³/mol. The van der Waals surface area contributed by atoms with Crippen molar-refractivity contribution < 1.29 is 18.6 Å². The van der Waals surface area contributed by atoms with Crippen molar-refractivity contribution in [3.8, 4) is 17.2 Å². The lowest BCUT2D eigenvalue weighted by atomic mass is 9.92. The van der Waals surface area contributed by atoms with Gasteiger partial charge in [-0.2, -0.15) is 0 Å². The molecule has 1 aliphatic rings. The van der Waals surface area contributed by atoms with Gasteiger partial charge >= 0.3 is 0 Å². The Morgan fingerprint density at radius 2 is 1.74 bits per heavy atom. The number of anilines is 1. The van der Waals surface area contributed by atoms with Crippen LogP contribution in [0.1, 0.15) is 17.2 Å². The second kappa shape index (κ2) is 10.7. The Balaban J connectivity index is 1.64. The molecule has 0 bridgehead atoms. The van der Waals surface area contributed by atoms with E-state index in [0.29, 0.717) is 39.0 Å². The molecule has 1 aliphatic heterocycles. The highest BCUT2D eigenvalue weighted by atomic mass is 35.5. The molecule has 1 heterocycles. The fourth-order valence-corrected chi connectivity index (χ4v) is 4.56. The van der Waals surface area contributed by atoms with E-state index in [9.17, 15) is 4.39 Å². The molecule has 1 N–H and O–H groups in total. The number of hydrogen-bond donors (Lipinski definition) is 1. The molecule has 34 heavy (non-hydrogen) atoms. The van der Waals surface area contributed by atoms with E-state index in [-0.39, 0.29) is 18.5 Å². The Morgan fingerprint density at radius 1 is 1.03 bits per heavy atom. The molecule has 0 spiro atoms. The van der Waals surface area contributed by atoms with Gasteiger partial charge in [-0.05, 0) is 84.4 Å². The number of thiocarbonyl (C=S) groups is 1. The minimum absolute atomic E-state index is 0.226. The summed E-state index contributed by atoms with van der Waals surface area (Å²) in [6.07, 6.45) is 0.756. The highest BCUT2D eigenvalue weighted by molar-refractivity contribution is 7.80. The Labute approximate surface area is 213 Å². The number of benzene rings is 3. The van der Waals surface area contributed by atoms with Gasteiger partial charge < -0.3 is 24.4 Å². The zero-order chi connectivity index (χ0) is 24.2. The number of methoxy groups -OCH3 is 2. The number of nitrogens with zero attached hydrogens (tertiary/aromatic N) is 1. The van der Waals surface area contributed by atoms with Gasteiger partial charge in [0.2, 0.25) is 0 Å². The second-order valence-electron chi connectivity index (χ2n) is 7.69. The Hall–Kier alpha value is -2.74. The van der Waals surface area contributed by atoms with E-state index in [1.807, 2.05) is 18.2 Å². The van der Waals surface area contributed by atoms with Crippen molar-refractivity contribution in [2.24, 2.45) is 0 Å². The fourth-order valence-electron chi connectivity index (χ4n) is 3.93. The quantitative estimate of drug-likeness (QED) is 0.373. The van der Waals surface area contributed by atoms with Gasteiger partial charge in [0.15, 0.2) is 16.6 Å². The lowest BCUT2D eigenvalue weighted by Gasteiger charge is -2.39. The lowest BCUT2D eigenvalue weighted by Crippen LogP contribution is -2.44. The van der Waals surface area contributed by atoms with E-state index >= 15 is 0 Å². The smallest absolute Gasteiger partial charge is 0.174 e. The summed E-state index contributed by atoms with van der Waals surface area (Å²) in [5, 5.41) is 4.68. The molecule has 0 fully saturated rings. The minimum Gasteiger partial charge on any atom is -0.493 e. The van der Waals surface area contributed by atoms with Crippen LogP contribution in [0.3, 0.4) is 0 Å².